The molecule has 4 rings (SSSR count). The third-order valence-electron chi connectivity index (χ3n) is 4.98. The first kappa shape index (κ1) is 17.5. The van der Waals surface area contributed by atoms with Crippen LogP contribution in [-0.2, 0) is 16.2 Å². The predicted molar refractivity (Wildman–Crippen MR) is 101 cm³/mol. The lowest BCUT2D eigenvalue weighted by atomic mass is 10.2. The molecule has 1 N–H and O–H groups in total. The Bertz CT molecular complexity index is 820. The van der Waals surface area contributed by atoms with E-state index in [9.17, 15) is 9.59 Å². The molecular weight excluding hydrogens is 342 g/mol. The van der Waals surface area contributed by atoms with E-state index in [-0.39, 0.29) is 23.8 Å². The van der Waals surface area contributed by atoms with E-state index in [1.165, 1.54) is 0 Å². The van der Waals surface area contributed by atoms with Crippen LogP contribution in [0, 0.1) is 5.92 Å². The fourth-order valence-electron chi connectivity index (χ4n) is 3.40. The first-order chi connectivity index (χ1) is 13.2. The number of amides is 2. The van der Waals surface area contributed by atoms with E-state index in [0.29, 0.717) is 24.6 Å². The number of carbonyl (C=O) groups is 2. The minimum Gasteiger partial charge on any atom is -0.487 e. The zero-order valence-corrected chi connectivity index (χ0v) is 15.1. The van der Waals surface area contributed by atoms with Crippen molar-refractivity contribution in [3.05, 3.63) is 54.4 Å². The van der Waals surface area contributed by atoms with Crippen LogP contribution < -0.4 is 10.1 Å². The monoisotopic (exact) mass is 365 g/mol. The first-order valence-corrected chi connectivity index (χ1v) is 9.45. The van der Waals surface area contributed by atoms with Gasteiger partial charge < -0.3 is 15.0 Å². The van der Waals surface area contributed by atoms with Gasteiger partial charge in [0.05, 0.1) is 5.69 Å². The van der Waals surface area contributed by atoms with Crippen LogP contribution in [0.2, 0.25) is 0 Å². The number of anilines is 1. The Hall–Kier alpha value is -2.89. The van der Waals surface area contributed by atoms with Gasteiger partial charge in [0.15, 0.2) is 0 Å². The summed E-state index contributed by atoms with van der Waals surface area (Å²) in [4.78, 5) is 31.1. The maximum absolute atomic E-state index is 12.7. The van der Waals surface area contributed by atoms with Crippen LogP contribution in [0.25, 0.3) is 0 Å². The Balaban J connectivity index is 1.37. The number of carbonyl (C=O) groups excluding carboxylic acids is 2. The third-order valence-corrected chi connectivity index (χ3v) is 4.98. The molecule has 1 aliphatic carbocycles. The van der Waals surface area contributed by atoms with E-state index in [4.69, 9.17) is 4.74 Å². The number of hydrogen-bond donors (Lipinski definition) is 1. The molecule has 1 unspecified atom stereocenters. The molecule has 1 aromatic heterocycles. The molecular formula is C21H23N3O3. The summed E-state index contributed by atoms with van der Waals surface area (Å²) in [5, 5.41) is 2.94. The van der Waals surface area contributed by atoms with E-state index >= 15 is 0 Å². The summed E-state index contributed by atoms with van der Waals surface area (Å²) in [6.45, 7) is 1.05. The van der Waals surface area contributed by atoms with E-state index < -0.39 is 0 Å². The van der Waals surface area contributed by atoms with Crippen LogP contribution in [0.4, 0.5) is 5.69 Å². The van der Waals surface area contributed by atoms with Crippen molar-refractivity contribution in [1.29, 1.82) is 0 Å². The quantitative estimate of drug-likeness (QED) is 0.854. The minimum atomic E-state index is -0.365. The number of rotatable bonds is 6. The Morgan fingerprint density at radius 3 is 2.81 bits per heavy atom. The maximum Gasteiger partial charge on any atom is 0.247 e. The molecule has 6 heteroatoms. The fraction of sp³-hybridized carbons (Fsp3) is 0.381. The average molecular weight is 365 g/mol. The molecule has 2 heterocycles. The van der Waals surface area contributed by atoms with E-state index in [1.54, 1.807) is 17.2 Å². The molecule has 0 radical (unpaired) electrons. The predicted octanol–water partition coefficient (Wildman–Crippen LogP) is 3.00. The van der Waals surface area contributed by atoms with Crippen LogP contribution in [0.5, 0.6) is 5.75 Å². The summed E-state index contributed by atoms with van der Waals surface area (Å²) in [6.07, 6.45) is 5.24. The molecule has 1 aromatic carbocycles. The van der Waals surface area contributed by atoms with Gasteiger partial charge in [0.1, 0.15) is 18.4 Å². The molecule has 2 amide bonds. The number of nitrogens with zero attached hydrogens (tertiary/aromatic N) is 2. The number of nitrogens with one attached hydrogen (secondary N) is 1. The van der Waals surface area contributed by atoms with Crippen LogP contribution >= 0.6 is 0 Å². The van der Waals surface area contributed by atoms with Crippen molar-refractivity contribution in [3.63, 3.8) is 0 Å². The van der Waals surface area contributed by atoms with Gasteiger partial charge in [-0.25, -0.2) is 0 Å². The molecule has 0 bridgehead atoms. The van der Waals surface area contributed by atoms with E-state index in [0.717, 1.165) is 31.4 Å². The zero-order chi connectivity index (χ0) is 18.6. The Morgan fingerprint density at radius 1 is 1.15 bits per heavy atom. The maximum atomic E-state index is 12.7. The van der Waals surface area contributed by atoms with Crippen LogP contribution in [-0.4, -0.2) is 34.3 Å². The van der Waals surface area contributed by atoms with Gasteiger partial charge >= 0.3 is 0 Å². The largest absolute Gasteiger partial charge is 0.487 e. The third kappa shape index (κ3) is 4.27. The van der Waals surface area contributed by atoms with Crippen molar-refractivity contribution in [2.75, 3.05) is 11.9 Å². The lowest BCUT2D eigenvalue weighted by Gasteiger charge is -2.24. The molecule has 1 saturated heterocycles. The van der Waals surface area contributed by atoms with Gasteiger partial charge in [-0.2, -0.15) is 0 Å². The number of benzene rings is 1. The highest BCUT2D eigenvalue weighted by atomic mass is 16.5. The minimum absolute atomic E-state index is 0.122. The van der Waals surface area contributed by atoms with E-state index in [1.807, 2.05) is 36.4 Å². The Kier molecular flexibility index (Phi) is 5.05. The average Bonchev–Trinajstić information content (AvgIpc) is 3.43. The second kappa shape index (κ2) is 7.78. The molecule has 6 nitrogen and oxygen atoms in total. The zero-order valence-electron chi connectivity index (χ0n) is 15.1. The van der Waals surface area contributed by atoms with Gasteiger partial charge in [0.2, 0.25) is 11.8 Å². The van der Waals surface area contributed by atoms with Gasteiger partial charge in [-0.3, -0.25) is 14.6 Å². The summed E-state index contributed by atoms with van der Waals surface area (Å²) in [7, 11) is 0. The van der Waals surface area contributed by atoms with E-state index in [2.05, 4.69) is 10.3 Å². The topological polar surface area (TPSA) is 71.5 Å². The molecule has 1 aliphatic heterocycles. The summed E-state index contributed by atoms with van der Waals surface area (Å²) in [5.74, 6) is 0.820. The highest BCUT2D eigenvalue weighted by Gasteiger charge is 2.40. The molecule has 1 saturated carbocycles. The molecule has 2 fully saturated rings. The number of ether oxygens (including phenoxy) is 1. The Labute approximate surface area is 158 Å². The van der Waals surface area contributed by atoms with Crippen molar-refractivity contribution in [2.24, 2.45) is 5.92 Å². The standard InChI is InChI=1S/C21H23N3O3/c25-20(19-8-4-12-24(19)21(26)15-9-10-15)23-16-6-3-7-18(13-16)27-14-17-5-1-2-11-22-17/h1-3,5-7,11,13,15,19H,4,8-10,12,14H2,(H,23,25). The summed E-state index contributed by atoms with van der Waals surface area (Å²) >= 11 is 0. The van der Waals surface area contributed by atoms with Gasteiger partial charge in [0.25, 0.3) is 0 Å². The molecule has 2 aliphatic rings. The van der Waals surface area contributed by atoms with Crippen molar-refractivity contribution < 1.29 is 14.3 Å². The van der Waals surface area contributed by atoms with Crippen LogP contribution in [0.3, 0.4) is 0 Å². The Morgan fingerprint density at radius 2 is 2.04 bits per heavy atom. The normalized spacial score (nSPS) is 19.0. The summed E-state index contributed by atoms with van der Waals surface area (Å²) in [6, 6.07) is 12.6. The van der Waals surface area contributed by atoms with Crippen molar-refractivity contribution in [1.82, 2.24) is 9.88 Å². The second-order valence-corrected chi connectivity index (χ2v) is 7.09. The fourth-order valence-corrected chi connectivity index (χ4v) is 3.40. The van der Waals surface area contributed by atoms with Crippen molar-refractivity contribution in [2.45, 2.75) is 38.3 Å². The van der Waals surface area contributed by atoms with Crippen LogP contribution in [0.15, 0.2) is 48.7 Å². The smallest absolute Gasteiger partial charge is 0.247 e. The first-order valence-electron chi connectivity index (χ1n) is 9.45. The highest BCUT2D eigenvalue weighted by Crippen LogP contribution is 2.34. The SMILES string of the molecule is O=C(Nc1cccc(OCc2ccccn2)c1)C1CCCN1C(=O)C1CC1. The number of likely N-dealkylation sites (tertiary alicyclic amines) is 1. The molecule has 1 atom stereocenters. The molecule has 27 heavy (non-hydrogen) atoms. The van der Waals surface area contributed by atoms with Gasteiger partial charge in [0, 0.05) is 30.4 Å². The lowest BCUT2D eigenvalue weighted by Crippen LogP contribution is -2.43. The second-order valence-electron chi connectivity index (χ2n) is 7.09. The summed E-state index contributed by atoms with van der Waals surface area (Å²) in [5.41, 5.74) is 1.51. The highest BCUT2D eigenvalue weighted by molar-refractivity contribution is 5.98. The summed E-state index contributed by atoms with van der Waals surface area (Å²) < 4.78 is 5.76. The number of aromatic nitrogens is 1. The molecule has 0 spiro atoms. The van der Waals surface area contributed by atoms with Gasteiger partial charge in [-0.15, -0.1) is 0 Å². The van der Waals surface area contributed by atoms with Crippen molar-refractivity contribution >= 4 is 17.5 Å². The molecule has 140 valence electrons. The van der Waals surface area contributed by atoms with Gasteiger partial charge in [-0.05, 0) is 49.9 Å². The number of hydrogen-bond acceptors (Lipinski definition) is 4. The lowest BCUT2D eigenvalue weighted by molar-refractivity contribution is -0.137. The van der Waals surface area contributed by atoms with Gasteiger partial charge in [-0.1, -0.05) is 12.1 Å². The van der Waals surface area contributed by atoms with Crippen molar-refractivity contribution in [3.8, 4) is 5.75 Å². The molecule has 2 aromatic rings. The van der Waals surface area contributed by atoms with Crippen LogP contribution in [0.1, 0.15) is 31.4 Å². The number of pyridine rings is 1.